The van der Waals surface area contributed by atoms with E-state index in [0.29, 0.717) is 16.9 Å². The predicted octanol–water partition coefficient (Wildman–Crippen LogP) is 9.49. The van der Waals surface area contributed by atoms with E-state index < -0.39 is 8.32 Å². The third kappa shape index (κ3) is 4.96. The molecule has 0 N–H and O–H groups in total. The van der Waals surface area contributed by atoms with Crippen molar-refractivity contribution in [3.05, 3.63) is 11.6 Å². The highest BCUT2D eigenvalue weighted by atomic mass is 28.4. The largest absolute Gasteiger partial charge is 0.415 e. The van der Waals surface area contributed by atoms with Crippen molar-refractivity contribution in [2.75, 3.05) is 0 Å². The minimum absolute atomic E-state index is 0.529. The molecule has 0 aromatic heterocycles. The molecule has 0 radical (unpaired) electrons. The average Bonchev–Trinajstić information content (AvgIpc) is 3.08. The van der Waals surface area contributed by atoms with Gasteiger partial charge in [0.25, 0.3) is 0 Å². The summed E-state index contributed by atoms with van der Waals surface area (Å²) in [6.45, 7) is 22.4. The quantitative estimate of drug-likeness (QED) is 0.265. The first-order valence-electron chi connectivity index (χ1n) is 14.7. The first-order chi connectivity index (χ1) is 15.3. The molecule has 4 rings (SSSR count). The van der Waals surface area contributed by atoms with Gasteiger partial charge in [0.1, 0.15) is 0 Å². The molecule has 0 aromatic carbocycles. The van der Waals surface area contributed by atoms with E-state index >= 15 is 0 Å². The molecule has 0 aliphatic heterocycles. The summed E-state index contributed by atoms with van der Waals surface area (Å²) in [5, 5.41) is 0. The highest BCUT2D eigenvalue weighted by molar-refractivity contribution is 6.69. The summed E-state index contributed by atoms with van der Waals surface area (Å²) in [5.74, 6) is 6.10. The highest BCUT2D eigenvalue weighted by Gasteiger charge is 2.58. The van der Waals surface area contributed by atoms with Gasteiger partial charge in [-0.1, -0.05) is 66.0 Å². The fourth-order valence-electron chi connectivity index (χ4n) is 9.12. The van der Waals surface area contributed by atoms with Crippen molar-refractivity contribution in [2.24, 2.45) is 52.3 Å². The van der Waals surface area contributed by atoms with E-state index in [0.717, 1.165) is 41.4 Å². The summed E-state index contributed by atoms with van der Waals surface area (Å²) in [6, 6.07) is 0. The Morgan fingerprint density at radius 1 is 0.909 bits per heavy atom. The lowest BCUT2D eigenvalue weighted by Crippen LogP contribution is -2.50. The predicted molar refractivity (Wildman–Crippen MR) is 146 cm³/mol. The van der Waals surface area contributed by atoms with Gasteiger partial charge in [-0.05, 0) is 123 Å². The highest BCUT2D eigenvalue weighted by Crippen LogP contribution is 2.67. The van der Waals surface area contributed by atoms with Crippen LogP contribution in [0.4, 0.5) is 0 Å². The molecule has 4 aliphatic carbocycles. The zero-order valence-corrected chi connectivity index (χ0v) is 24.7. The molecule has 0 saturated heterocycles. The second kappa shape index (κ2) is 9.42. The van der Waals surface area contributed by atoms with Crippen molar-refractivity contribution < 1.29 is 4.43 Å². The summed E-state index contributed by atoms with van der Waals surface area (Å²) in [5.41, 5.74) is 3.02. The van der Waals surface area contributed by atoms with E-state index in [1.54, 1.807) is 0 Å². The molecule has 0 aromatic rings. The minimum atomic E-state index is -1.44. The van der Waals surface area contributed by atoms with Crippen LogP contribution in [0.3, 0.4) is 0 Å². The molecule has 2 heteroatoms. The van der Waals surface area contributed by atoms with Crippen molar-refractivity contribution >= 4 is 8.32 Å². The third-order valence-electron chi connectivity index (χ3n) is 11.5. The molecule has 33 heavy (non-hydrogen) atoms. The van der Waals surface area contributed by atoms with E-state index in [-0.39, 0.29) is 0 Å². The molecule has 0 heterocycles. The van der Waals surface area contributed by atoms with Gasteiger partial charge in [0, 0.05) is 6.10 Å². The van der Waals surface area contributed by atoms with Crippen LogP contribution in [0.5, 0.6) is 0 Å². The van der Waals surface area contributed by atoms with E-state index in [2.05, 4.69) is 67.3 Å². The Morgan fingerprint density at radius 2 is 1.58 bits per heavy atom. The van der Waals surface area contributed by atoms with Crippen LogP contribution in [0, 0.1) is 52.3 Å². The van der Waals surface area contributed by atoms with E-state index in [1.165, 1.54) is 64.2 Å². The van der Waals surface area contributed by atoms with Crippen molar-refractivity contribution in [2.45, 2.75) is 131 Å². The summed E-state index contributed by atoms with van der Waals surface area (Å²) in [7, 11) is -1.44. The summed E-state index contributed by atoms with van der Waals surface area (Å²) in [4.78, 5) is 0. The second-order valence-electron chi connectivity index (χ2n) is 14.9. The second-order valence-corrected chi connectivity index (χ2v) is 19.3. The van der Waals surface area contributed by atoms with Crippen LogP contribution in [0.2, 0.25) is 19.6 Å². The van der Waals surface area contributed by atoms with Gasteiger partial charge >= 0.3 is 0 Å². The molecule has 9 atom stereocenters. The fraction of sp³-hybridized carbons (Fsp3) is 0.935. The number of hydrogen-bond acceptors (Lipinski definition) is 1. The Bertz CT molecular complexity index is 719. The Hall–Kier alpha value is -0.0831. The number of rotatable bonds is 7. The normalized spacial score (nSPS) is 42.8. The van der Waals surface area contributed by atoms with Crippen molar-refractivity contribution in [3.63, 3.8) is 0 Å². The molecule has 4 aliphatic rings. The number of allylic oxidation sites excluding steroid dienone is 2. The van der Waals surface area contributed by atoms with Crippen LogP contribution < -0.4 is 0 Å². The van der Waals surface area contributed by atoms with Crippen molar-refractivity contribution in [1.29, 1.82) is 0 Å². The summed E-state index contributed by atoms with van der Waals surface area (Å²) in [6.07, 6.45) is 17.4. The lowest BCUT2D eigenvalue weighted by atomic mass is 9.47. The molecule has 0 unspecified atom stereocenters. The van der Waals surface area contributed by atoms with Crippen LogP contribution >= 0.6 is 0 Å². The van der Waals surface area contributed by atoms with E-state index in [1.807, 2.05) is 5.57 Å². The maximum atomic E-state index is 6.61. The van der Waals surface area contributed by atoms with Crippen LogP contribution in [-0.2, 0) is 4.43 Å². The van der Waals surface area contributed by atoms with Crippen molar-refractivity contribution in [1.82, 2.24) is 0 Å². The van der Waals surface area contributed by atoms with Gasteiger partial charge in [-0.2, -0.15) is 0 Å². The van der Waals surface area contributed by atoms with Crippen molar-refractivity contribution in [3.8, 4) is 0 Å². The van der Waals surface area contributed by atoms with Gasteiger partial charge < -0.3 is 4.43 Å². The lowest BCUT2D eigenvalue weighted by molar-refractivity contribution is -0.0385. The maximum Gasteiger partial charge on any atom is 0.184 e. The van der Waals surface area contributed by atoms with Crippen LogP contribution in [0.1, 0.15) is 106 Å². The van der Waals surface area contributed by atoms with E-state index in [4.69, 9.17) is 4.43 Å². The molecule has 0 spiro atoms. The Morgan fingerprint density at radius 3 is 2.24 bits per heavy atom. The van der Waals surface area contributed by atoms with Crippen LogP contribution in [-0.4, -0.2) is 14.4 Å². The zero-order chi connectivity index (χ0) is 24.2. The van der Waals surface area contributed by atoms with Gasteiger partial charge in [-0.25, -0.2) is 0 Å². The molecular formula is C31H56OSi. The number of fused-ring (bicyclic) bond motifs is 5. The molecular weight excluding hydrogens is 416 g/mol. The smallest absolute Gasteiger partial charge is 0.184 e. The first kappa shape index (κ1) is 26.0. The topological polar surface area (TPSA) is 9.23 Å². The Kier molecular flexibility index (Phi) is 7.42. The molecule has 190 valence electrons. The van der Waals surface area contributed by atoms with Gasteiger partial charge in [0.2, 0.25) is 0 Å². The maximum absolute atomic E-state index is 6.61. The van der Waals surface area contributed by atoms with Gasteiger partial charge in [-0.15, -0.1) is 0 Å². The standard InChI is InChI=1S/C31H56OSi/c1-21(2)22(3)10-11-23(4)27-14-15-28-26-13-12-24-20-25(32-33(7,8)9)16-18-30(24,5)29(26)17-19-31(27,28)6/h13,21-25,27-29H,10-12,14-20H2,1-9H3/t22-,23+,24-,25-,27+,28-,29-,30-,31+/m0/s1. The Balaban J connectivity index is 1.46. The minimum Gasteiger partial charge on any atom is -0.415 e. The van der Waals surface area contributed by atoms with Crippen LogP contribution in [0.25, 0.3) is 0 Å². The van der Waals surface area contributed by atoms with Gasteiger partial charge in [0.05, 0.1) is 0 Å². The monoisotopic (exact) mass is 472 g/mol. The third-order valence-corrected chi connectivity index (χ3v) is 12.6. The first-order valence-corrected chi connectivity index (χ1v) is 18.1. The SMILES string of the molecule is CC(C)[C@@H](C)CC[C@@H](C)[C@H]1CC[C@H]2C3=CC[C@H]4C[C@@H](O[Si](C)(C)C)CC[C@]4(C)[C@H]3CC[C@]12C. The van der Waals surface area contributed by atoms with Gasteiger partial charge in [0.15, 0.2) is 8.32 Å². The fourth-order valence-corrected chi connectivity index (χ4v) is 10.3. The lowest BCUT2D eigenvalue weighted by Gasteiger charge is -2.58. The Labute approximate surface area is 208 Å². The summed E-state index contributed by atoms with van der Waals surface area (Å²) < 4.78 is 6.61. The molecule has 0 bridgehead atoms. The zero-order valence-electron chi connectivity index (χ0n) is 23.7. The molecule has 3 fully saturated rings. The van der Waals surface area contributed by atoms with Crippen LogP contribution in [0.15, 0.2) is 11.6 Å². The van der Waals surface area contributed by atoms with Gasteiger partial charge in [-0.3, -0.25) is 0 Å². The number of hydrogen-bond donors (Lipinski definition) is 0. The van der Waals surface area contributed by atoms with E-state index in [9.17, 15) is 0 Å². The average molecular weight is 473 g/mol. The summed E-state index contributed by atoms with van der Waals surface area (Å²) >= 11 is 0. The molecule has 0 amide bonds. The molecule has 1 nitrogen and oxygen atoms in total. The molecule has 3 saturated carbocycles.